The quantitative estimate of drug-likeness (QED) is 0.221. The number of methoxy groups -OCH3 is 3. The largest absolute Gasteiger partial charge is 0.497 e. The van der Waals surface area contributed by atoms with Crippen LogP contribution < -0.4 is 23.8 Å². The number of alkyl halides is 3. The molecule has 4 aromatic rings. The zero-order valence-corrected chi connectivity index (χ0v) is 25.8. The molecule has 0 fully saturated rings. The van der Waals surface area contributed by atoms with Crippen molar-refractivity contribution in [1.82, 2.24) is 0 Å². The fourth-order valence-corrected chi connectivity index (χ4v) is 6.94. The molecule has 0 aliphatic carbocycles. The number of ether oxygens (including phenoxy) is 4. The molecule has 1 atom stereocenters. The first-order chi connectivity index (χ1) is 21.8. The van der Waals surface area contributed by atoms with E-state index >= 15 is 0 Å². The molecular formula is C31H24ClF3N2O8S. The van der Waals surface area contributed by atoms with Gasteiger partial charge in [-0.2, -0.15) is 17.5 Å². The number of rotatable bonds is 8. The number of anilines is 2. The second kappa shape index (κ2) is 12.1. The van der Waals surface area contributed by atoms with Crippen molar-refractivity contribution in [2.75, 3.05) is 31.0 Å². The normalized spacial score (nSPS) is 16.1. The molecule has 1 aliphatic rings. The molecule has 1 unspecified atom stereocenters. The highest BCUT2D eigenvalue weighted by atomic mass is 35.5. The molecule has 0 spiro atoms. The molecule has 240 valence electrons. The van der Waals surface area contributed by atoms with Crippen molar-refractivity contribution in [3.63, 3.8) is 0 Å². The number of hydrogen-bond donors (Lipinski definition) is 1. The molecule has 10 nitrogen and oxygen atoms in total. The number of carbonyl (C=O) groups is 2. The first-order valence-corrected chi connectivity index (χ1v) is 15.0. The van der Waals surface area contributed by atoms with E-state index in [0.29, 0.717) is 6.07 Å². The Morgan fingerprint density at radius 3 is 2.13 bits per heavy atom. The van der Waals surface area contributed by atoms with Crippen LogP contribution in [0, 0.1) is 0 Å². The summed E-state index contributed by atoms with van der Waals surface area (Å²) < 4.78 is 93.0. The minimum atomic E-state index is -5.10. The Hall–Kier alpha value is -4.95. The van der Waals surface area contributed by atoms with Gasteiger partial charge in [0.1, 0.15) is 22.1 Å². The number of halogens is 4. The molecule has 5 rings (SSSR count). The number of amides is 2. The van der Waals surface area contributed by atoms with Gasteiger partial charge in [-0.3, -0.25) is 10.1 Å². The predicted octanol–water partition coefficient (Wildman–Crippen LogP) is 6.61. The maximum Gasteiger partial charge on any atom is 0.417 e. The Bertz CT molecular complexity index is 1940. The number of hydrogen-bond acceptors (Lipinski definition) is 8. The van der Waals surface area contributed by atoms with E-state index in [9.17, 15) is 31.2 Å². The second-order valence-corrected chi connectivity index (χ2v) is 11.9. The molecule has 1 N–H and O–H groups in total. The summed E-state index contributed by atoms with van der Waals surface area (Å²) in [5.74, 6) is -1.59. The lowest BCUT2D eigenvalue weighted by molar-refractivity contribution is -0.137. The minimum Gasteiger partial charge on any atom is -0.497 e. The zero-order chi connectivity index (χ0) is 33.4. The average molecular weight is 677 g/mol. The number of carbonyl (C=O) groups excluding carboxylic acids is 2. The van der Waals surface area contributed by atoms with Crippen LogP contribution in [0.3, 0.4) is 0 Å². The number of sulfonamides is 1. The SMILES string of the molecule is COc1ccc(S(=O)(=O)N2C(=O)C(OC(=O)Nc3ccccc3)(c3ccccc3OC)c3cc(Cl)c(C(F)(F)F)cc32)c(OC)c1. The molecule has 1 aliphatic heterocycles. The first-order valence-electron chi connectivity index (χ1n) is 13.2. The third-order valence-corrected chi connectivity index (χ3v) is 9.16. The van der Waals surface area contributed by atoms with Gasteiger partial charge in [0.05, 0.1) is 43.2 Å². The number of nitrogens with one attached hydrogen (secondary N) is 1. The van der Waals surface area contributed by atoms with Gasteiger partial charge in [0, 0.05) is 17.3 Å². The van der Waals surface area contributed by atoms with Crippen molar-refractivity contribution < 1.29 is 50.1 Å². The molecule has 0 radical (unpaired) electrons. The van der Waals surface area contributed by atoms with Crippen LogP contribution >= 0.6 is 11.6 Å². The highest BCUT2D eigenvalue weighted by molar-refractivity contribution is 7.93. The number of benzene rings is 4. The van der Waals surface area contributed by atoms with Crippen LogP contribution in [0.5, 0.6) is 17.2 Å². The Morgan fingerprint density at radius 1 is 0.848 bits per heavy atom. The van der Waals surface area contributed by atoms with Crippen molar-refractivity contribution >= 4 is 45.0 Å². The van der Waals surface area contributed by atoms with Crippen molar-refractivity contribution in [3.05, 3.63) is 107 Å². The molecule has 0 saturated carbocycles. The summed E-state index contributed by atoms with van der Waals surface area (Å²) in [6.45, 7) is 0. The standard InChI is InChI=1S/C31H24ClF3N2O8S/c1-42-19-13-14-27(26(15-19)44-3)46(40,41)37-24-17-21(31(33,34)35)23(32)16-22(24)30(28(37)38,20-11-7-8-12-25(20)43-2)45-29(39)36-18-9-5-4-6-10-18/h4-17H,1-3H3,(H,36,39). The second-order valence-electron chi connectivity index (χ2n) is 9.70. The van der Waals surface area contributed by atoms with Crippen LogP contribution in [0.25, 0.3) is 0 Å². The van der Waals surface area contributed by atoms with Gasteiger partial charge in [-0.1, -0.05) is 48.0 Å². The molecular weight excluding hydrogens is 653 g/mol. The summed E-state index contributed by atoms with van der Waals surface area (Å²) in [5, 5.41) is 1.57. The van der Waals surface area contributed by atoms with E-state index in [4.69, 9.17) is 30.5 Å². The molecule has 4 aromatic carbocycles. The summed E-state index contributed by atoms with van der Waals surface area (Å²) in [4.78, 5) is 27.6. The zero-order valence-electron chi connectivity index (χ0n) is 24.2. The maximum absolute atomic E-state index is 14.8. The first kappa shape index (κ1) is 32.4. The molecule has 1 heterocycles. The average Bonchev–Trinajstić information content (AvgIpc) is 3.27. The van der Waals surface area contributed by atoms with E-state index in [1.807, 2.05) is 0 Å². The lowest BCUT2D eigenvalue weighted by atomic mass is 9.86. The van der Waals surface area contributed by atoms with Crippen molar-refractivity contribution in [3.8, 4) is 17.2 Å². The Balaban J connectivity index is 1.83. The number of nitrogens with zero attached hydrogens (tertiary/aromatic N) is 1. The summed E-state index contributed by atoms with van der Waals surface area (Å²) >= 11 is 6.13. The van der Waals surface area contributed by atoms with Gasteiger partial charge in [0.2, 0.25) is 5.60 Å². The smallest absolute Gasteiger partial charge is 0.417 e. The third kappa shape index (κ3) is 5.43. The van der Waals surface area contributed by atoms with Gasteiger partial charge in [0.15, 0.2) is 0 Å². The van der Waals surface area contributed by atoms with Gasteiger partial charge < -0.3 is 18.9 Å². The van der Waals surface area contributed by atoms with Gasteiger partial charge in [0.25, 0.3) is 15.9 Å². The van der Waals surface area contributed by atoms with Gasteiger partial charge >= 0.3 is 12.3 Å². The van der Waals surface area contributed by atoms with Gasteiger partial charge in [-0.25, -0.2) is 13.2 Å². The van der Waals surface area contributed by atoms with E-state index in [2.05, 4.69) is 5.32 Å². The van der Waals surface area contributed by atoms with Crippen molar-refractivity contribution in [2.45, 2.75) is 16.7 Å². The number of para-hydroxylation sites is 2. The Kier molecular flexibility index (Phi) is 8.53. The van der Waals surface area contributed by atoms with Crippen molar-refractivity contribution in [1.29, 1.82) is 0 Å². The van der Waals surface area contributed by atoms with Crippen LogP contribution in [0.2, 0.25) is 5.02 Å². The van der Waals surface area contributed by atoms with Crippen LogP contribution in [0.15, 0.2) is 89.8 Å². The lowest BCUT2D eigenvalue weighted by Crippen LogP contribution is -2.47. The molecule has 46 heavy (non-hydrogen) atoms. The third-order valence-electron chi connectivity index (χ3n) is 7.12. The fraction of sp³-hybridized carbons (Fsp3) is 0.161. The fourth-order valence-electron chi connectivity index (χ4n) is 5.07. The van der Waals surface area contributed by atoms with Crippen LogP contribution in [0.4, 0.5) is 29.3 Å². The molecule has 15 heteroatoms. The van der Waals surface area contributed by atoms with Crippen LogP contribution in [-0.2, 0) is 31.3 Å². The minimum absolute atomic E-state index is 0.0494. The number of fused-ring (bicyclic) bond motifs is 1. The van der Waals surface area contributed by atoms with E-state index < -0.39 is 60.5 Å². The van der Waals surface area contributed by atoms with E-state index in [1.54, 1.807) is 18.2 Å². The summed E-state index contributed by atoms with van der Waals surface area (Å²) in [7, 11) is -1.37. The summed E-state index contributed by atoms with van der Waals surface area (Å²) in [6.07, 6.45) is -6.31. The van der Waals surface area contributed by atoms with Crippen LogP contribution in [0.1, 0.15) is 16.7 Å². The monoisotopic (exact) mass is 676 g/mol. The van der Waals surface area contributed by atoms with E-state index in [-0.39, 0.29) is 32.8 Å². The predicted molar refractivity (Wildman–Crippen MR) is 161 cm³/mol. The maximum atomic E-state index is 14.8. The summed E-state index contributed by atoms with van der Waals surface area (Å²) in [5.41, 5.74) is -5.35. The van der Waals surface area contributed by atoms with Crippen molar-refractivity contribution in [2.24, 2.45) is 0 Å². The van der Waals surface area contributed by atoms with Gasteiger partial charge in [-0.05, 0) is 42.5 Å². The van der Waals surface area contributed by atoms with E-state index in [1.165, 1.54) is 62.8 Å². The molecule has 0 bridgehead atoms. The highest BCUT2D eigenvalue weighted by Crippen LogP contribution is 2.54. The van der Waals surface area contributed by atoms with Crippen LogP contribution in [-0.4, -0.2) is 41.7 Å². The molecule has 0 aromatic heterocycles. The summed E-state index contributed by atoms with van der Waals surface area (Å²) in [6, 6.07) is 18.3. The van der Waals surface area contributed by atoms with Gasteiger partial charge in [-0.15, -0.1) is 0 Å². The Labute approximate surface area is 266 Å². The topological polar surface area (TPSA) is 120 Å². The lowest BCUT2D eigenvalue weighted by Gasteiger charge is -2.30. The highest BCUT2D eigenvalue weighted by Gasteiger charge is 2.61. The molecule has 2 amide bonds. The molecule has 0 saturated heterocycles. The Morgan fingerprint density at radius 2 is 1.50 bits per heavy atom. The van der Waals surface area contributed by atoms with E-state index in [0.717, 1.165) is 19.2 Å².